The van der Waals surface area contributed by atoms with Crippen LogP contribution in [0.15, 0.2) is 54.9 Å². The molecule has 0 aromatic heterocycles. The molecule has 3 nitrogen and oxygen atoms in total. The van der Waals surface area contributed by atoms with Crippen molar-refractivity contribution in [3.05, 3.63) is 77.9 Å². The van der Waals surface area contributed by atoms with Crippen LogP contribution in [-0.2, 0) is 6.42 Å². The lowest BCUT2D eigenvalue weighted by molar-refractivity contribution is 0.486. The van der Waals surface area contributed by atoms with Gasteiger partial charge in [0.25, 0.3) is 0 Å². The zero-order valence-corrected chi connectivity index (χ0v) is 12.5. The van der Waals surface area contributed by atoms with Crippen LogP contribution in [0.3, 0.4) is 0 Å². The Morgan fingerprint density at radius 3 is 2.39 bits per heavy atom. The van der Waals surface area contributed by atoms with Crippen LogP contribution in [-0.4, -0.2) is 12.6 Å². The van der Waals surface area contributed by atoms with Crippen LogP contribution in [0.5, 0.6) is 0 Å². The second kappa shape index (κ2) is 7.69. The summed E-state index contributed by atoms with van der Waals surface area (Å²) in [5.74, 6) is -2.56. The molecule has 0 heterocycles. The monoisotopic (exact) mass is 321 g/mol. The molecule has 0 bridgehead atoms. The van der Waals surface area contributed by atoms with E-state index in [0.717, 1.165) is 11.8 Å². The van der Waals surface area contributed by atoms with Crippen LogP contribution in [0.25, 0.3) is 0 Å². The summed E-state index contributed by atoms with van der Waals surface area (Å²) >= 11 is 0. The van der Waals surface area contributed by atoms with Crippen molar-refractivity contribution in [2.45, 2.75) is 12.5 Å². The van der Waals surface area contributed by atoms with Crippen LogP contribution in [0.4, 0.5) is 18.9 Å². The molecular formula is C17H18F3N3. The third-order valence-corrected chi connectivity index (χ3v) is 3.22. The molecular weight excluding hydrogens is 303 g/mol. The van der Waals surface area contributed by atoms with Gasteiger partial charge in [-0.2, -0.15) is 0 Å². The van der Waals surface area contributed by atoms with Crippen molar-refractivity contribution < 1.29 is 13.2 Å². The van der Waals surface area contributed by atoms with E-state index in [4.69, 9.17) is 5.73 Å². The van der Waals surface area contributed by atoms with Crippen molar-refractivity contribution in [1.29, 1.82) is 0 Å². The van der Waals surface area contributed by atoms with Crippen LogP contribution >= 0.6 is 0 Å². The largest absolute Gasteiger partial charge is 0.371 e. The number of nitrogens with two attached hydrogens (primary N) is 1. The molecule has 4 N–H and O–H groups in total. The minimum Gasteiger partial charge on any atom is -0.371 e. The molecule has 122 valence electrons. The van der Waals surface area contributed by atoms with E-state index in [1.165, 1.54) is 0 Å². The van der Waals surface area contributed by atoms with Gasteiger partial charge in [-0.25, -0.2) is 13.2 Å². The Kier molecular flexibility index (Phi) is 5.65. The molecule has 0 radical (unpaired) electrons. The van der Waals surface area contributed by atoms with E-state index in [9.17, 15) is 13.2 Å². The van der Waals surface area contributed by atoms with Gasteiger partial charge < -0.3 is 16.4 Å². The average Bonchev–Trinajstić information content (AvgIpc) is 2.51. The second-order valence-corrected chi connectivity index (χ2v) is 5.17. The number of hydrogen-bond acceptors (Lipinski definition) is 3. The number of benzene rings is 2. The highest BCUT2D eigenvalue weighted by Crippen LogP contribution is 2.15. The Labute approximate surface area is 133 Å². The molecule has 0 spiro atoms. The number of para-hydroxylation sites is 1. The van der Waals surface area contributed by atoms with Gasteiger partial charge in [0.1, 0.15) is 5.82 Å². The zero-order valence-electron chi connectivity index (χ0n) is 12.5. The van der Waals surface area contributed by atoms with Gasteiger partial charge in [0.05, 0.1) is 5.82 Å². The summed E-state index contributed by atoms with van der Waals surface area (Å²) in [6, 6.07) is 10.3. The molecule has 2 aromatic carbocycles. The minimum atomic E-state index is -1.21. The molecule has 0 aliphatic heterocycles. The second-order valence-electron chi connectivity index (χ2n) is 5.17. The molecule has 6 heteroatoms. The summed E-state index contributed by atoms with van der Waals surface area (Å²) in [7, 11) is 0. The van der Waals surface area contributed by atoms with Gasteiger partial charge in [-0.05, 0) is 30.2 Å². The van der Waals surface area contributed by atoms with Gasteiger partial charge in [-0.15, -0.1) is 0 Å². The van der Waals surface area contributed by atoms with Crippen molar-refractivity contribution in [3.8, 4) is 0 Å². The van der Waals surface area contributed by atoms with E-state index >= 15 is 0 Å². The van der Waals surface area contributed by atoms with Crippen molar-refractivity contribution in [2.24, 2.45) is 5.73 Å². The maximum atomic E-state index is 13.6. The fraction of sp³-hybridized carbons (Fsp3) is 0.176. The Hall–Kier alpha value is -2.47. The Morgan fingerprint density at radius 2 is 1.70 bits per heavy atom. The lowest BCUT2D eigenvalue weighted by atomic mass is 10.1. The SMILES string of the molecule is C=C(NC[C@@H](N)Cc1cc(F)c(F)cc1F)Nc1ccccc1. The van der Waals surface area contributed by atoms with E-state index in [1.54, 1.807) is 0 Å². The number of hydrogen-bond donors (Lipinski definition) is 3. The van der Waals surface area contributed by atoms with E-state index in [-0.39, 0.29) is 12.0 Å². The Bertz CT molecular complexity index is 674. The van der Waals surface area contributed by atoms with Crippen LogP contribution in [0.1, 0.15) is 5.56 Å². The highest BCUT2D eigenvalue weighted by molar-refractivity contribution is 5.46. The predicted molar refractivity (Wildman–Crippen MR) is 85.2 cm³/mol. The van der Waals surface area contributed by atoms with Gasteiger partial charge in [0, 0.05) is 24.3 Å². The molecule has 0 fully saturated rings. The highest BCUT2D eigenvalue weighted by Gasteiger charge is 2.13. The van der Waals surface area contributed by atoms with Crippen LogP contribution in [0.2, 0.25) is 0 Å². The summed E-state index contributed by atoms with van der Waals surface area (Å²) < 4.78 is 39.6. The van der Waals surface area contributed by atoms with Crippen molar-refractivity contribution in [3.63, 3.8) is 0 Å². The quantitative estimate of drug-likeness (QED) is 0.687. The van der Waals surface area contributed by atoms with Crippen LogP contribution < -0.4 is 16.4 Å². The highest BCUT2D eigenvalue weighted by atomic mass is 19.2. The van der Waals surface area contributed by atoms with E-state index in [1.807, 2.05) is 30.3 Å². The first-order chi connectivity index (χ1) is 11.0. The first kappa shape index (κ1) is 16.9. The first-order valence-electron chi connectivity index (χ1n) is 7.09. The third kappa shape index (κ3) is 5.03. The van der Waals surface area contributed by atoms with E-state index in [2.05, 4.69) is 17.2 Å². The molecule has 0 amide bonds. The smallest absolute Gasteiger partial charge is 0.161 e. The number of rotatable bonds is 7. The molecule has 0 unspecified atom stereocenters. The van der Waals surface area contributed by atoms with Gasteiger partial charge in [-0.3, -0.25) is 0 Å². The topological polar surface area (TPSA) is 50.1 Å². The Balaban J connectivity index is 1.84. The number of nitrogens with one attached hydrogen (secondary N) is 2. The van der Waals surface area contributed by atoms with Crippen molar-refractivity contribution in [2.75, 3.05) is 11.9 Å². The average molecular weight is 321 g/mol. The summed E-state index contributed by atoms with van der Waals surface area (Å²) in [4.78, 5) is 0. The summed E-state index contributed by atoms with van der Waals surface area (Å²) in [6.07, 6.45) is 0.0780. The van der Waals surface area contributed by atoms with Gasteiger partial charge in [0.15, 0.2) is 11.6 Å². The molecule has 0 aliphatic carbocycles. The van der Waals surface area contributed by atoms with Crippen LogP contribution in [0, 0.1) is 17.5 Å². The van der Waals surface area contributed by atoms with Gasteiger partial charge in [0.2, 0.25) is 0 Å². The fourth-order valence-electron chi connectivity index (χ4n) is 2.07. The lowest BCUT2D eigenvalue weighted by Gasteiger charge is -2.17. The standard InChI is InChI=1S/C17H18F3N3/c1-11(23-14-5-3-2-4-6-14)22-10-13(21)7-12-8-16(19)17(20)9-15(12)18/h2-6,8-9,13,22-23H,1,7,10,21H2/t13-/m0/s1. The van der Waals surface area contributed by atoms with Crippen molar-refractivity contribution in [1.82, 2.24) is 5.32 Å². The molecule has 2 rings (SSSR count). The lowest BCUT2D eigenvalue weighted by Crippen LogP contribution is -2.36. The van der Waals surface area contributed by atoms with Gasteiger partial charge >= 0.3 is 0 Å². The fourth-order valence-corrected chi connectivity index (χ4v) is 2.07. The molecule has 0 saturated heterocycles. The predicted octanol–water partition coefficient (Wildman–Crippen LogP) is 3.15. The normalized spacial score (nSPS) is 11.8. The van der Waals surface area contributed by atoms with E-state index < -0.39 is 23.5 Å². The maximum Gasteiger partial charge on any atom is 0.161 e. The maximum absolute atomic E-state index is 13.6. The summed E-state index contributed by atoms with van der Waals surface area (Å²) in [5, 5.41) is 6.02. The molecule has 1 atom stereocenters. The summed E-state index contributed by atoms with van der Waals surface area (Å²) in [6.45, 7) is 4.11. The molecule has 23 heavy (non-hydrogen) atoms. The van der Waals surface area contributed by atoms with E-state index in [0.29, 0.717) is 18.4 Å². The first-order valence-corrected chi connectivity index (χ1v) is 7.09. The summed E-state index contributed by atoms with van der Waals surface area (Å²) in [5.41, 5.74) is 6.80. The molecule has 0 aliphatic rings. The zero-order chi connectivity index (χ0) is 16.8. The van der Waals surface area contributed by atoms with Crippen molar-refractivity contribution >= 4 is 5.69 Å². The van der Waals surface area contributed by atoms with Gasteiger partial charge in [-0.1, -0.05) is 24.8 Å². The minimum absolute atomic E-state index is 0.0415. The third-order valence-electron chi connectivity index (χ3n) is 3.22. The molecule has 2 aromatic rings. The number of halogens is 3. The Morgan fingerprint density at radius 1 is 1.04 bits per heavy atom. The number of anilines is 1. The molecule has 0 saturated carbocycles.